The minimum Gasteiger partial charge on any atom is -0.392 e. The molecule has 3 rings (SSSR count). The summed E-state index contributed by atoms with van der Waals surface area (Å²) in [7, 11) is 0. The van der Waals surface area contributed by atoms with E-state index in [4.69, 9.17) is 5.11 Å². The van der Waals surface area contributed by atoms with E-state index in [0.717, 1.165) is 15.7 Å². The summed E-state index contributed by atoms with van der Waals surface area (Å²) in [6, 6.07) is 7.96. The number of nitrogens with zero attached hydrogens (tertiary/aromatic N) is 2. The van der Waals surface area contributed by atoms with Crippen LogP contribution in [-0.4, -0.2) is 14.9 Å². The Kier molecular flexibility index (Phi) is 2.76. The van der Waals surface area contributed by atoms with Gasteiger partial charge in [0, 0.05) is 16.6 Å². The topological polar surface area (TPSA) is 38.0 Å². The number of hydrogen-bond donors (Lipinski definition) is 1. The first-order valence-corrected chi connectivity index (χ1v) is 6.52. The van der Waals surface area contributed by atoms with E-state index in [-0.39, 0.29) is 6.61 Å². The molecule has 1 aliphatic carbocycles. The number of halogens is 1. The van der Waals surface area contributed by atoms with Crippen LogP contribution in [0.5, 0.6) is 0 Å². The Morgan fingerprint density at radius 3 is 2.82 bits per heavy atom. The quantitative estimate of drug-likeness (QED) is 0.944. The SMILES string of the molecule is OCc1ccc(-n2ccc(C3CC3)n2)cc1Br. The van der Waals surface area contributed by atoms with Crippen molar-refractivity contribution in [3.63, 3.8) is 0 Å². The minimum atomic E-state index is 0.0489. The molecule has 1 aromatic heterocycles. The summed E-state index contributed by atoms with van der Waals surface area (Å²) >= 11 is 3.45. The lowest BCUT2D eigenvalue weighted by molar-refractivity contribution is 0.281. The predicted octanol–water partition coefficient (Wildman–Crippen LogP) is 3.00. The largest absolute Gasteiger partial charge is 0.392 e. The van der Waals surface area contributed by atoms with Crippen molar-refractivity contribution in [3.05, 3.63) is 46.2 Å². The van der Waals surface area contributed by atoms with Crippen LogP contribution < -0.4 is 0 Å². The fourth-order valence-electron chi connectivity index (χ4n) is 1.89. The van der Waals surface area contributed by atoms with Crippen LogP contribution in [0.1, 0.15) is 30.0 Å². The van der Waals surface area contributed by atoms with Gasteiger partial charge in [0.25, 0.3) is 0 Å². The van der Waals surface area contributed by atoms with Gasteiger partial charge in [0.15, 0.2) is 0 Å². The molecule has 3 nitrogen and oxygen atoms in total. The zero-order chi connectivity index (χ0) is 11.8. The van der Waals surface area contributed by atoms with Gasteiger partial charge in [0.2, 0.25) is 0 Å². The van der Waals surface area contributed by atoms with Crippen molar-refractivity contribution in [2.75, 3.05) is 0 Å². The molecule has 0 saturated heterocycles. The molecule has 4 heteroatoms. The highest BCUT2D eigenvalue weighted by atomic mass is 79.9. The number of hydrogen-bond acceptors (Lipinski definition) is 2. The first-order chi connectivity index (χ1) is 8.28. The van der Waals surface area contributed by atoms with Gasteiger partial charge in [-0.2, -0.15) is 5.10 Å². The molecule has 0 unspecified atom stereocenters. The van der Waals surface area contributed by atoms with E-state index in [2.05, 4.69) is 27.1 Å². The zero-order valence-electron chi connectivity index (χ0n) is 9.31. The Hall–Kier alpha value is -1.13. The molecule has 1 N–H and O–H groups in total. The molecule has 0 amide bonds. The first-order valence-electron chi connectivity index (χ1n) is 5.73. The van der Waals surface area contributed by atoms with E-state index in [9.17, 15) is 0 Å². The molecule has 88 valence electrons. The number of aromatic nitrogens is 2. The van der Waals surface area contributed by atoms with Crippen molar-refractivity contribution in [2.24, 2.45) is 0 Å². The Morgan fingerprint density at radius 2 is 2.18 bits per heavy atom. The predicted molar refractivity (Wildman–Crippen MR) is 69.2 cm³/mol. The molecule has 2 aromatic rings. The highest BCUT2D eigenvalue weighted by Crippen LogP contribution is 2.39. The van der Waals surface area contributed by atoms with Gasteiger partial charge in [-0.25, -0.2) is 4.68 Å². The van der Waals surface area contributed by atoms with Gasteiger partial charge in [-0.3, -0.25) is 0 Å². The molecule has 0 aliphatic heterocycles. The molecule has 0 spiro atoms. The second-order valence-electron chi connectivity index (χ2n) is 4.39. The van der Waals surface area contributed by atoms with Gasteiger partial charge < -0.3 is 5.11 Å². The molecule has 0 radical (unpaired) electrons. The standard InChI is InChI=1S/C13H13BrN2O/c14-12-7-11(4-3-10(12)8-17)16-6-5-13(15-16)9-1-2-9/h3-7,9,17H,1-2,8H2. The lowest BCUT2D eigenvalue weighted by Crippen LogP contribution is -1.97. The molecule has 1 fully saturated rings. The fraction of sp³-hybridized carbons (Fsp3) is 0.308. The van der Waals surface area contributed by atoms with Crippen LogP contribution in [0.4, 0.5) is 0 Å². The molecular formula is C13H13BrN2O. The van der Waals surface area contributed by atoms with Crippen LogP contribution in [0.25, 0.3) is 5.69 Å². The molecule has 17 heavy (non-hydrogen) atoms. The average molecular weight is 293 g/mol. The zero-order valence-corrected chi connectivity index (χ0v) is 10.9. The summed E-state index contributed by atoms with van der Waals surface area (Å²) in [4.78, 5) is 0. The number of benzene rings is 1. The molecule has 1 aliphatic rings. The Labute approximate surface area is 108 Å². The first kappa shape index (κ1) is 11.0. The minimum absolute atomic E-state index is 0.0489. The van der Waals surface area contributed by atoms with E-state index < -0.39 is 0 Å². The van der Waals surface area contributed by atoms with Crippen LogP contribution in [0.2, 0.25) is 0 Å². The average Bonchev–Trinajstić information content (AvgIpc) is 3.07. The van der Waals surface area contributed by atoms with E-state index >= 15 is 0 Å². The van der Waals surface area contributed by atoms with Crippen LogP contribution >= 0.6 is 15.9 Å². The summed E-state index contributed by atoms with van der Waals surface area (Å²) in [6.45, 7) is 0.0489. The number of rotatable bonds is 3. The van der Waals surface area contributed by atoms with Gasteiger partial charge in [-0.15, -0.1) is 0 Å². The fourth-order valence-corrected chi connectivity index (χ4v) is 2.38. The molecule has 1 aromatic carbocycles. The Balaban J connectivity index is 1.93. The van der Waals surface area contributed by atoms with Crippen LogP contribution in [0, 0.1) is 0 Å². The van der Waals surface area contributed by atoms with Crippen LogP contribution in [0.3, 0.4) is 0 Å². The Morgan fingerprint density at radius 1 is 1.35 bits per heavy atom. The van der Waals surface area contributed by atoms with Gasteiger partial charge >= 0.3 is 0 Å². The summed E-state index contributed by atoms with van der Waals surface area (Å²) < 4.78 is 2.81. The maximum Gasteiger partial charge on any atom is 0.0692 e. The monoisotopic (exact) mass is 292 g/mol. The van der Waals surface area contributed by atoms with Crippen molar-refractivity contribution < 1.29 is 5.11 Å². The highest BCUT2D eigenvalue weighted by Gasteiger charge is 2.25. The maximum atomic E-state index is 9.11. The summed E-state index contributed by atoms with van der Waals surface area (Å²) in [6.07, 6.45) is 4.53. The van der Waals surface area contributed by atoms with E-state index in [1.165, 1.54) is 18.5 Å². The Bertz CT molecular complexity index is 546. The lowest BCUT2D eigenvalue weighted by Gasteiger charge is -2.05. The van der Waals surface area contributed by atoms with E-state index in [0.29, 0.717) is 5.92 Å². The van der Waals surface area contributed by atoms with E-state index in [1.54, 1.807) is 0 Å². The van der Waals surface area contributed by atoms with Crippen molar-refractivity contribution in [2.45, 2.75) is 25.4 Å². The van der Waals surface area contributed by atoms with Gasteiger partial charge in [-0.1, -0.05) is 22.0 Å². The van der Waals surface area contributed by atoms with Crippen LogP contribution in [0.15, 0.2) is 34.9 Å². The maximum absolute atomic E-state index is 9.11. The lowest BCUT2D eigenvalue weighted by atomic mass is 10.2. The molecule has 0 atom stereocenters. The van der Waals surface area contributed by atoms with Crippen molar-refractivity contribution >= 4 is 15.9 Å². The second kappa shape index (κ2) is 4.27. The van der Waals surface area contributed by atoms with Crippen molar-refractivity contribution in [1.82, 2.24) is 9.78 Å². The summed E-state index contributed by atoms with van der Waals surface area (Å²) in [5, 5.41) is 13.7. The third-order valence-corrected chi connectivity index (χ3v) is 3.82. The number of aliphatic hydroxyl groups excluding tert-OH is 1. The van der Waals surface area contributed by atoms with Crippen LogP contribution in [-0.2, 0) is 6.61 Å². The third-order valence-electron chi connectivity index (χ3n) is 3.08. The summed E-state index contributed by atoms with van der Waals surface area (Å²) in [5.74, 6) is 0.677. The van der Waals surface area contributed by atoms with Gasteiger partial charge in [-0.05, 0) is 36.6 Å². The molecule has 0 bridgehead atoms. The number of aliphatic hydroxyl groups is 1. The van der Waals surface area contributed by atoms with Crippen molar-refractivity contribution in [3.8, 4) is 5.69 Å². The highest BCUT2D eigenvalue weighted by molar-refractivity contribution is 9.10. The van der Waals surface area contributed by atoms with Gasteiger partial charge in [0.05, 0.1) is 18.0 Å². The normalized spacial score (nSPS) is 15.2. The summed E-state index contributed by atoms with van der Waals surface area (Å²) in [5.41, 5.74) is 3.09. The molecule has 1 saturated carbocycles. The second-order valence-corrected chi connectivity index (χ2v) is 5.25. The smallest absolute Gasteiger partial charge is 0.0692 e. The van der Waals surface area contributed by atoms with E-state index in [1.807, 2.05) is 29.1 Å². The molecular weight excluding hydrogens is 280 g/mol. The third kappa shape index (κ3) is 2.15. The van der Waals surface area contributed by atoms with Gasteiger partial charge in [0.1, 0.15) is 0 Å². The van der Waals surface area contributed by atoms with Crippen molar-refractivity contribution in [1.29, 1.82) is 0 Å². The molecule has 1 heterocycles.